The van der Waals surface area contributed by atoms with Crippen LogP contribution in [0.3, 0.4) is 0 Å². The molecule has 2 heterocycles. The van der Waals surface area contributed by atoms with Crippen LogP contribution in [0.4, 0.5) is 0 Å². The third kappa shape index (κ3) is 4.57. The van der Waals surface area contributed by atoms with Crippen molar-refractivity contribution in [3.8, 4) is 0 Å². The van der Waals surface area contributed by atoms with Gasteiger partial charge < -0.3 is 10.1 Å². The van der Waals surface area contributed by atoms with Gasteiger partial charge in [-0.25, -0.2) is 0 Å². The first-order valence-electron chi connectivity index (χ1n) is 7.37. The molecule has 0 aromatic carbocycles. The summed E-state index contributed by atoms with van der Waals surface area (Å²) in [5.41, 5.74) is 0. The lowest BCUT2D eigenvalue weighted by molar-refractivity contribution is 0.0275. The van der Waals surface area contributed by atoms with Crippen LogP contribution in [0.25, 0.3) is 0 Å². The zero-order valence-electron chi connectivity index (χ0n) is 11.3. The van der Waals surface area contributed by atoms with Crippen molar-refractivity contribution in [1.82, 2.24) is 10.2 Å². The van der Waals surface area contributed by atoms with Crippen LogP contribution in [0, 0.1) is 0 Å². The van der Waals surface area contributed by atoms with Crippen molar-refractivity contribution in [1.29, 1.82) is 0 Å². The minimum Gasteiger partial charge on any atom is -0.380 e. The van der Waals surface area contributed by atoms with E-state index >= 15 is 0 Å². The number of likely N-dealkylation sites (tertiary alicyclic amines) is 1. The Morgan fingerprint density at radius 2 is 2.00 bits per heavy atom. The maximum Gasteiger partial charge on any atom is 0.0698 e. The van der Waals surface area contributed by atoms with Gasteiger partial charge in [0, 0.05) is 26.2 Å². The van der Waals surface area contributed by atoms with Crippen molar-refractivity contribution in [3.05, 3.63) is 0 Å². The fourth-order valence-corrected chi connectivity index (χ4v) is 3.12. The maximum absolute atomic E-state index is 5.49. The van der Waals surface area contributed by atoms with E-state index in [1.54, 1.807) is 0 Å². The predicted molar refractivity (Wildman–Crippen MR) is 71.3 cm³/mol. The molecule has 0 saturated carbocycles. The van der Waals surface area contributed by atoms with Gasteiger partial charge in [0.15, 0.2) is 0 Å². The van der Waals surface area contributed by atoms with Gasteiger partial charge in [-0.1, -0.05) is 19.3 Å². The smallest absolute Gasteiger partial charge is 0.0698 e. The molecule has 0 radical (unpaired) electrons. The van der Waals surface area contributed by atoms with E-state index in [-0.39, 0.29) is 0 Å². The predicted octanol–water partition coefficient (Wildman–Crippen LogP) is 2.02. The molecule has 2 atom stereocenters. The van der Waals surface area contributed by atoms with Crippen LogP contribution in [0.15, 0.2) is 0 Å². The summed E-state index contributed by atoms with van der Waals surface area (Å²) in [6.07, 6.45) is 9.96. The topological polar surface area (TPSA) is 24.5 Å². The number of methoxy groups -OCH3 is 1. The zero-order valence-corrected chi connectivity index (χ0v) is 11.3. The Morgan fingerprint density at radius 1 is 1.12 bits per heavy atom. The Morgan fingerprint density at radius 3 is 2.88 bits per heavy atom. The quantitative estimate of drug-likeness (QED) is 0.817. The van der Waals surface area contributed by atoms with Gasteiger partial charge >= 0.3 is 0 Å². The fraction of sp³-hybridized carbons (Fsp3) is 1.00. The second-order valence-corrected chi connectivity index (χ2v) is 5.61. The highest BCUT2D eigenvalue weighted by atomic mass is 16.5. The summed E-state index contributed by atoms with van der Waals surface area (Å²) in [6, 6.07) is 0.714. The molecule has 2 fully saturated rings. The van der Waals surface area contributed by atoms with E-state index in [9.17, 15) is 0 Å². The molecule has 0 aliphatic carbocycles. The lowest BCUT2D eigenvalue weighted by atomic mass is 10.0. The Kier molecular flexibility index (Phi) is 5.75. The van der Waals surface area contributed by atoms with Gasteiger partial charge in [-0.3, -0.25) is 4.90 Å². The summed E-state index contributed by atoms with van der Waals surface area (Å²) in [7, 11) is 1.85. The number of rotatable bonds is 3. The molecular formula is C14H28N2O. The van der Waals surface area contributed by atoms with Gasteiger partial charge in [0.05, 0.1) is 6.10 Å². The minimum absolute atomic E-state index is 0.470. The van der Waals surface area contributed by atoms with Crippen LogP contribution in [0.2, 0.25) is 0 Å². The summed E-state index contributed by atoms with van der Waals surface area (Å²) >= 11 is 0. The lowest BCUT2D eigenvalue weighted by Gasteiger charge is -2.35. The molecule has 2 rings (SSSR count). The first kappa shape index (κ1) is 13.3. The van der Waals surface area contributed by atoms with Gasteiger partial charge in [0.25, 0.3) is 0 Å². The molecule has 1 N–H and O–H groups in total. The van der Waals surface area contributed by atoms with Crippen molar-refractivity contribution in [2.24, 2.45) is 0 Å². The largest absolute Gasteiger partial charge is 0.380 e. The monoisotopic (exact) mass is 240 g/mol. The highest BCUT2D eigenvalue weighted by molar-refractivity contribution is 4.79. The van der Waals surface area contributed by atoms with Crippen LogP contribution in [-0.2, 0) is 4.74 Å². The first-order chi connectivity index (χ1) is 8.38. The van der Waals surface area contributed by atoms with Gasteiger partial charge in [-0.2, -0.15) is 0 Å². The highest BCUT2D eigenvalue weighted by Gasteiger charge is 2.22. The summed E-state index contributed by atoms with van der Waals surface area (Å²) in [4.78, 5) is 2.59. The summed E-state index contributed by atoms with van der Waals surface area (Å²) < 4.78 is 5.49. The number of nitrogens with zero attached hydrogens (tertiary/aromatic N) is 1. The zero-order chi connectivity index (χ0) is 11.9. The van der Waals surface area contributed by atoms with Crippen LogP contribution in [0.5, 0.6) is 0 Å². The summed E-state index contributed by atoms with van der Waals surface area (Å²) in [5.74, 6) is 0. The van der Waals surface area contributed by atoms with E-state index in [0.717, 1.165) is 6.54 Å². The second kappa shape index (κ2) is 7.34. The van der Waals surface area contributed by atoms with Crippen molar-refractivity contribution in [3.63, 3.8) is 0 Å². The van der Waals surface area contributed by atoms with Crippen LogP contribution in [0.1, 0.15) is 44.9 Å². The maximum atomic E-state index is 5.49. The Labute approximate surface area is 106 Å². The molecule has 17 heavy (non-hydrogen) atoms. The Bertz CT molecular complexity index is 202. The van der Waals surface area contributed by atoms with E-state index in [4.69, 9.17) is 4.74 Å². The first-order valence-corrected chi connectivity index (χ1v) is 7.37. The molecule has 100 valence electrons. The van der Waals surface area contributed by atoms with Gasteiger partial charge in [0.1, 0.15) is 0 Å². The molecule has 2 aliphatic heterocycles. The standard InChI is InChI=1S/C14H28N2O/c1-17-14-8-6-10-16(12-14)11-13-7-4-2-3-5-9-15-13/h13-15H,2-12H2,1H3. The molecule has 2 aliphatic rings. The van der Waals surface area contributed by atoms with E-state index in [0.29, 0.717) is 12.1 Å². The SMILES string of the molecule is COC1CCCN(CC2CCCCCCN2)C1. The molecule has 0 spiro atoms. The number of piperidine rings is 1. The highest BCUT2D eigenvalue weighted by Crippen LogP contribution is 2.15. The third-order valence-corrected chi connectivity index (χ3v) is 4.19. The third-order valence-electron chi connectivity index (χ3n) is 4.19. The normalized spacial score (nSPS) is 33.0. The molecule has 0 aromatic heterocycles. The van der Waals surface area contributed by atoms with E-state index < -0.39 is 0 Å². The molecule has 3 heteroatoms. The molecule has 2 saturated heterocycles. The van der Waals surface area contributed by atoms with Crippen LogP contribution in [-0.4, -0.2) is 50.3 Å². The number of ether oxygens (including phenoxy) is 1. The average Bonchev–Trinajstić information content (AvgIpc) is 2.33. The molecule has 3 nitrogen and oxygen atoms in total. The van der Waals surface area contributed by atoms with Gasteiger partial charge in [0.2, 0.25) is 0 Å². The van der Waals surface area contributed by atoms with Crippen LogP contribution >= 0.6 is 0 Å². The molecule has 0 bridgehead atoms. The Hall–Kier alpha value is -0.120. The number of hydrogen-bond donors (Lipinski definition) is 1. The van der Waals surface area contributed by atoms with E-state index in [2.05, 4.69) is 10.2 Å². The lowest BCUT2D eigenvalue weighted by Crippen LogP contribution is -2.47. The summed E-state index contributed by atoms with van der Waals surface area (Å²) in [5, 5.41) is 3.72. The number of nitrogens with one attached hydrogen (secondary N) is 1. The molecule has 0 amide bonds. The minimum atomic E-state index is 0.470. The van der Waals surface area contributed by atoms with E-state index in [1.165, 1.54) is 64.6 Å². The van der Waals surface area contributed by atoms with Crippen LogP contribution < -0.4 is 5.32 Å². The Balaban J connectivity index is 1.74. The molecule has 0 aromatic rings. The van der Waals surface area contributed by atoms with Crippen molar-refractivity contribution < 1.29 is 4.74 Å². The molecule has 2 unspecified atom stereocenters. The summed E-state index contributed by atoms with van der Waals surface area (Å²) in [6.45, 7) is 4.83. The van der Waals surface area contributed by atoms with Crippen molar-refractivity contribution >= 4 is 0 Å². The van der Waals surface area contributed by atoms with E-state index in [1.807, 2.05) is 7.11 Å². The average molecular weight is 240 g/mol. The fourth-order valence-electron chi connectivity index (χ4n) is 3.12. The molecular weight excluding hydrogens is 212 g/mol. The second-order valence-electron chi connectivity index (χ2n) is 5.61. The number of hydrogen-bond acceptors (Lipinski definition) is 3. The van der Waals surface area contributed by atoms with Crippen molar-refractivity contribution in [2.45, 2.75) is 57.1 Å². The van der Waals surface area contributed by atoms with Crippen molar-refractivity contribution in [2.75, 3.05) is 33.3 Å². The van der Waals surface area contributed by atoms with Gasteiger partial charge in [-0.15, -0.1) is 0 Å². The van der Waals surface area contributed by atoms with Gasteiger partial charge in [-0.05, 0) is 38.8 Å².